The van der Waals surface area contributed by atoms with Crippen molar-refractivity contribution in [3.05, 3.63) is 17.7 Å². The van der Waals surface area contributed by atoms with Gasteiger partial charge in [-0.1, -0.05) is 20.8 Å². The zero-order valence-electron chi connectivity index (χ0n) is 13.5. The topological polar surface area (TPSA) is 65.5 Å². The maximum atomic E-state index is 5.72. The lowest BCUT2D eigenvalue weighted by Crippen LogP contribution is -2.17. The number of nitrogens with one attached hydrogen (secondary N) is 1. The first-order valence-electron chi connectivity index (χ1n) is 7.45. The third-order valence-electron chi connectivity index (χ3n) is 2.82. The minimum absolute atomic E-state index is 0.303. The Morgan fingerprint density at radius 1 is 1.19 bits per heavy atom. The van der Waals surface area contributed by atoms with E-state index < -0.39 is 0 Å². The SMILES string of the molecule is CCNCc1nc(C(C)C)ncc1OCCOCCOC. The first-order valence-corrected chi connectivity index (χ1v) is 7.45. The molecule has 0 saturated carbocycles. The Balaban J connectivity index is 2.54. The molecule has 0 saturated heterocycles. The lowest BCUT2D eigenvalue weighted by molar-refractivity contribution is 0.0541. The van der Waals surface area contributed by atoms with E-state index in [-0.39, 0.29) is 0 Å². The van der Waals surface area contributed by atoms with Crippen LogP contribution in [0.15, 0.2) is 6.20 Å². The quantitative estimate of drug-likeness (QED) is 0.628. The molecule has 0 atom stereocenters. The second-order valence-corrected chi connectivity index (χ2v) is 4.93. The smallest absolute Gasteiger partial charge is 0.160 e. The van der Waals surface area contributed by atoms with Crippen molar-refractivity contribution in [2.24, 2.45) is 0 Å². The first kappa shape index (κ1) is 17.8. The molecule has 1 rings (SSSR count). The van der Waals surface area contributed by atoms with Crippen LogP contribution in [0.25, 0.3) is 0 Å². The van der Waals surface area contributed by atoms with Gasteiger partial charge in [0.1, 0.15) is 12.4 Å². The number of nitrogens with zero attached hydrogens (tertiary/aromatic N) is 2. The lowest BCUT2D eigenvalue weighted by Gasteiger charge is -2.13. The molecule has 0 aliphatic carbocycles. The molecule has 1 heterocycles. The second-order valence-electron chi connectivity index (χ2n) is 4.93. The van der Waals surface area contributed by atoms with Crippen molar-refractivity contribution in [3.63, 3.8) is 0 Å². The van der Waals surface area contributed by atoms with Gasteiger partial charge < -0.3 is 19.5 Å². The third kappa shape index (κ3) is 6.84. The number of hydrogen-bond donors (Lipinski definition) is 1. The van der Waals surface area contributed by atoms with E-state index in [9.17, 15) is 0 Å². The van der Waals surface area contributed by atoms with E-state index in [0.717, 1.165) is 23.8 Å². The fourth-order valence-electron chi connectivity index (χ4n) is 1.65. The van der Waals surface area contributed by atoms with Gasteiger partial charge in [0.15, 0.2) is 5.75 Å². The summed E-state index contributed by atoms with van der Waals surface area (Å²) in [6.07, 6.45) is 1.75. The van der Waals surface area contributed by atoms with E-state index in [1.807, 2.05) is 0 Å². The van der Waals surface area contributed by atoms with Crippen molar-refractivity contribution in [2.45, 2.75) is 33.2 Å². The largest absolute Gasteiger partial charge is 0.488 e. The Morgan fingerprint density at radius 3 is 2.62 bits per heavy atom. The molecule has 0 fully saturated rings. The number of rotatable bonds is 11. The normalized spacial score (nSPS) is 11.1. The summed E-state index contributed by atoms with van der Waals surface area (Å²) in [6.45, 7) is 9.97. The molecule has 6 nitrogen and oxygen atoms in total. The summed E-state index contributed by atoms with van der Waals surface area (Å²) in [6, 6.07) is 0. The average molecular weight is 297 g/mol. The van der Waals surface area contributed by atoms with Crippen molar-refractivity contribution < 1.29 is 14.2 Å². The van der Waals surface area contributed by atoms with Crippen LogP contribution in [-0.4, -0.2) is 50.1 Å². The van der Waals surface area contributed by atoms with Gasteiger partial charge in [-0.05, 0) is 6.54 Å². The summed E-state index contributed by atoms with van der Waals surface area (Å²) in [5.41, 5.74) is 0.896. The molecule has 6 heteroatoms. The van der Waals surface area contributed by atoms with Crippen LogP contribution >= 0.6 is 0 Å². The van der Waals surface area contributed by atoms with Crippen LogP contribution in [0.5, 0.6) is 5.75 Å². The summed E-state index contributed by atoms with van der Waals surface area (Å²) in [5.74, 6) is 1.86. The van der Waals surface area contributed by atoms with Gasteiger partial charge in [-0.2, -0.15) is 0 Å². The Labute approximate surface area is 127 Å². The minimum Gasteiger partial charge on any atom is -0.488 e. The Hall–Kier alpha value is -1.24. The van der Waals surface area contributed by atoms with E-state index in [1.54, 1.807) is 13.3 Å². The number of methoxy groups -OCH3 is 1. The van der Waals surface area contributed by atoms with Gasteiger partial charge >= 0.3 is 0 Å². The second kappa shape index (κ2) is 10.5. The van der Waals surface area contributed by atoms with Crippen molar-refractivity contribution in [2.75, 3.05) is 40.1 Å². The summed E-state index contributed by atoms with van der Waals surface area (Å²) >= 11 is 0. The maximum absolute atomic E-state index is 5.72. The highest BCUT2D eigenvalue weighted by molar-refractivity contribution is 5.25. The van der Waals surface area contributed by atoms with Gasteiger partial charge in [-0.3, -0.25) is 0 Å². The zero-order chi connectivity index (χ0) is 15.5. The van der Waals surface area contributed by atoms with Gasteiger partial charge in [-0.25, -0.2) is 9.97 Å². The predicted molar refractivity (Wildman–Crippen MR) is 81.7 cm³/mol. The molecule has 0 aliphatic heterocycles. The van der Waals surface area contributed by atoms with Crippen molar-refractivity contribution in [1.29, 1.82) is 0 Å². The molecule has 1 aromatic rings. The molecular formula is C15H27N3O3. The molecular weight excluding hydrogens is 270 g/mol. The standard InChI is InChI=1S/C15H27N3O3/c1-5-16-10-13-14(11-17-15(18-13)12(2)3)21-9-8-20-7-6-19-4/h11-12,16H,5-10H2,1-4H3. The molecule has 1 aromatic heterocycles. The monoisotopic (exact) mass is 297 g/mol. The molecule has 0 unspecified atom stereocenters. The van der Waals surface area contributed by atoms with Crippen molar-refractivity contribution in [3.8, 4) is 5.75 Å². The Morgan fingerprint density at radius 2 is 1.95 bits per heavy atom. The van der Waals surface area contributed by atoms with Crippen molar-refractivity contribution in [1.82, 2.24) is 15.3 Å². The van der Waals surface area contributed by atoms with Gasteiger partial charge in [0, 0.05) is 19.6 Å². The highest BCUT2D eigenvalue weighted by Gasteiger charge is 2.10. The molecule has 0 spiro atoms. The van der Waals surface area contributed by atoms with Gasteiger partial charge in [0.2, 0.25) is 0 Å². The summed E-state index contributed by atoms with van der Waals surface area (Å²) in [5, 5.41) is 3.27. The lowest BCUT2D eigenvalue weighted by atomic mass is 10.2. The molecule has 120 valence electrons. The summed E-state index contributed by atoms with van der Waals surface area (Å²) in [7, 11) is 1.65. The van der Waals surface area contributed by atoms with Crippen LogP contribution in [0, 0.1) is 0 Å². The fourth-order valence-corrected chi connectivity index (χ4v) is 1.65. The van der Waals surface area contributed by atoms with Gasteiger partial charge in [-0.15, -0.1) is 0 Å². The van der Waals surface area contributed by atoms with E-state index in [0.29, 0.717) is 38.9 Å². The first-order chi connectivity index (χ1) is 10.2. The van der Waals surface area contributed by atoms with E-state index in [4.69, 9.17) is 14.2 Å². The van der Waals surface area contributed by atoms with E-state index >= 15 is 0 Å². The maximum Gasteiger partial charge on any atom is 0.160 e. The highest BCUT2D eigenvalue weighted by Crippen LogP contribution is 2.18. The zero-order valence-corrected chi connectivity index (χ0v) is 13.5. The molecule has 0 aromatic carbocycles. The Bertz CT molecular complexity index is 400. The molecule has 21 heavy (non-hydrogen) atoms. The van der Waals surface area contributed by atoms with E-state index in [2.05, 4.69) is 36.1 Å². The van der Waals surface area contributed by atoms with Crippen LogP contribution in [0.3, 0.4) is 0 Å². The van der Waals surface area contributed by atoms with Crippen LogP contribution < -0.4 is 10.1 Å². The summed E-state index contributed by atoms with van der Waals surface area (Å²) < 4.78 is 16.0. The van der Waals surface area contributed by atoms with Gasteiger partial charge in [0.25, 0.3) is 0 Å². The van der Waals surface area contributed by atoms with Crippen LogP contribution in [0.2, 0.25) is 0 Å². The molecule has 0 bridgehead atoms. The Kier molecular flexibility index (Phi) is 8.89. The number of ether oxygens (including phenoxy) is 3. The molecule has 1 N–H and O–H groups in total. The van der Waals surface area contributed by atoms with Crippen molar-refractivity contribution >= 4 is 0 Å². The average Bonchev–Trinajstić information content (AvgIpc) is 2.49. The number of hydrogen-bond acceptors (Lipinski definition) is 6. The molecule has 0 radical (unpaired) electrons. The third-order valence-corrected chi connectivity index (χ3v) is 2.82. The summed E-state index contributed by atoms with van der Waals surface area (Å²) in [4.78, 5) is 8.93. The highest BCUT2D eigenvalue weighted by atomic mass is 16.5. The van der Waals surface area contributed by atoms with Crippen LogP contribution in [0.1, 0.15) is 38.2 Å². The molecule has 0 amide bonds. The van der Waals surface area contributed by atoms with Crippen LogP contribution in [0.4, 0.5) is 0 Å². The molecule has 0 aliphatic rings. The van der Waals surface area contributed by atoms with Gasteiger partial charge in [0.05, 0.1) is 31.7 Å². The number of aromatic nitrogens is 2. The predicted octanol–water partition coefficient (Wildman–Crippen LogP) is 1.75. The fraction of sp³-hybridized carbons (Fsp3) is 0.733. The van der Waals surface area contributed by atoms with E-state index in [1.165, 1.54) is 0 Å². The van der Waals surface area contributed by atoms with Crippen LogP contribution in [-0.2, 0) is 16.0 Å². The minimum atomic E-state index is 0.303.